The lowest BCUT2D eigenvalue weighted by Gasteiger charge is -2.37. The third-order valence-electron chi connectivity index (χ3n) is 3.47. The van der Waals surface area contributed by atoms with Gasteiger partial charge in [0.1, 0.15) is 5.82 Å². The van der Waals surface area contributed by atoms with E-state index in [1.54, 1.807) is 13.2 Å². The van der Waals surface area contributed by atoms with E-state index in [1.165, 1.54) is 0 Å². The van der Waals surface area contributed by atoms with Crippen molar-refractivity contribution in [3.63, 3.8) is 0 Å². The Morgan fingerprint density at radius 1 is 1.58 bits per heavy atom. The molecule has 19 heavy (non-hydrogen) atoms. The van der Waals surface area contributed by atoms with Crippen LogP contribution in [0.4, 0.5) is 5.82 Å². The van der Waals surface area contributed by atoms with Gasteiger partial charge in [0, 0.05) is 41.3 Å². The molecule has 6 heteroatoms. The van der Waals surface area contributed by atoms with Gasteiger partial charge in [0.05, 0.1) is 5.56 Å². The highest BCUT2D eigenvalue weighted by atomic mass is 79.9. The molecule has 4 nitrogen and oxygen atoms in total. The lowest BCUT2D eigenvalue weighted by Crippen LogP contribution is -2.48. The van der Waals surface area contributed by atoms with Gasteiger partial charge in [-0.25, -0.2) is 4.98 Å². The molecule has 0 aliphatic carbocycles. The van der Waals surface area contributed by atoms with E-state index < -0.39 is 0 Å². The second kappa shape index (κ2) is 6.13. The van der Waals surface area contributed by atoms with Crippen LogP contribution >= 0.6 is 27.7 Å². The van der Waals surface area contributed by atoms with Crippen molar-refractivity contribution in [3.8, 4) is 0 Å². The Morgan fingerprint density at radius 3 is 3.00 bits per heavy atom. The average molecular weight is 344 g/mol. The van der Waals surface area contributed by atoms with E-state index in [0.29, 0.717) is 16.6 Å². The quantitative estimate of drug-likeness (QED) is 0.896. The van der Waals surface area contributed by atoms with Crippen molar-refractivity contribution in [2.24, 2.45) is 0 Å². The zero-order valence-electron chi connectivity index (χ0n) is 11.3. The number of thioether (sulfide) groups is 1. The fraction of sp³-hybridized carbons (Fsp3) is 0.538. The van der Waals surface area contributed by atoms with Crippen molar-refractivity contribution in [1.82, 2.24) is 9.88 Å². The first kappa shape index (κ1) is 14.7. The molecule has 2 heterocycles. The highest BCUT2D eigenvalue weighted by molar-refractivity contribution is 9.10. The topological polar surface area (TPSA) is 45.2 Å². The predicted molar refractivity (Wildman–Crippen MR) is 83.9 cm³/mol. The summed E-state index contributed by atoms with van der Waals surface area (Å²) in [6.07, 6.45) is 1.70. The summed E-state index contributed by atoms with van der Waals surface area (Å²) in [5.41, 5.74) is 0.628. The molecule has 0 radical (unpaired) electrons. The van der Waals surface area contributed by atoms with Gasteiger partial charge in [0.15, 0.2) is 0 Å². The minimum Gasteiger partial charge on any atom is -0.372 e. The second-order valence-electron chi connectivity index (χ2n) is 4.61. The highest BCUT2D eigenvalue weighted by Gasteiger charge is 2.30. The number of anilines is 1. The lowest BCUT2D eigenvalue weighted by atomic mass is 10.1. The van der Waals surface area contributed by atoms with Gasteiger partial charge < -0.3 is 10.2 Å². The van der Waals surface area contributed by atoms with E-state index >= 15 is 0 Å². The molecule has 1 fully saturated rings. The van der Waals surface area contributed by atoms with Crippen LogP contribution in [-0.4, -0.2) is 46.4 Å². The van der Waals surface area contributed by atoms with Gasteiger partial charge >= 0.3 is 0 Å². The molecule has 2 unspecified atom stereocenters. The third kappa shape index (κ3) is 3.05. The maximum Gasteiger partial charge on any atom is 0.257 e. The fourth-order valence-corrected chi connectivity index (χ4v) is 3.61. The minimum atomic E-state index is 0.0535. The van der Waals surface area contributed by atoms with Crippen LogP contribution in [0, 0.1) is 0 Å². The number of hydrogen-bond acceptors (Lipinski definition) is 4. The summed E-state index contributed by atoms with van der Waals surface area (Å²) in [7, 11) is 1.78. The Balaban J connectivity index is 2.30. The smallest absolute Gasteiger partial charge is 0.257 e. The first-order valence-electron chi connectivity index (χ1n) is 6.30. The summed E-state index contributed by atoms with van der Waals surface area (Å²) in [5.74, 6) is 1.68. The number of pyridine rings is 1. The van der Waals surface area contributed by atoms with Crippen LogP contribution in [0.15, 0.2) is 16.7 Å². The van der Waals surface area contributed by atoms with Crippen LogP contribution < -0.4 is 5.32 Å². The maximum absolute atomic E-state index is 12.7. The number of nitrogens with one attached hydrogen (secondary N) is 1. The molecule has 0 saturated carbocycles. The van der Waals surface area contributed by atoms with Gasteiger partial charge in [-0.15, -0.1) is 0 Å². The van der Waals surface area contributed by atoms with Crippen molar-refractivity contribution >= 4 is 39.4 Å². The minimum absolute atomic E-state index is 0.0535. The molecule has 0 bridgehead atoms. The van der Waals surface area contributed by atoms with E-state index in [0.717, 1.165) is 16.8 Å². The van der Waals surface area contributed by atoms with Gasteiger partial charge in [-0.05, 0) is 28.9 Å². The molecule has 1 amide bonds. The van der Waals surface area contributed by atoms with E-state index in [4.69, 9.17) is 0 Å². The van der Waals surface area contributed by atoms with Crippen LogP contribution in [0.3, 0.4) is 0 Å². The van der Waals surface area contributed by atoms with E-state index in [1.807, 2.05) is 22.7 Å². The summed E-state index contributed by atoms with van der Waals surface area (Å²) in [5, 5.41) is 3.45. The molecule has 1 aliphatic heterocycles. The molecular weight excluding hydrogens is 326 g/mol. The summed E-state index contributed by atoms with van der Waals surface area (Å²) >= 11 is 5.30. The summed E-state index contributed by atoms with van der Waals surface area (Å²) in [6, 6.07) is 2.08. The number of halogens is 1. The number of carbonyl (C=O) groups is 1. The lowest BCUT2D eigenvalue weighted by molar-refractivity contribution is 0.0699. The largest absolute Gasteiger partial charge is 0.372 e. The second-order valence-corrected chi connectivity index (χ2v) is 7.02. The third-order valence-corrected chi connectivity index (χ3v) is 5.24. The van der Waals surface area contributed by atoms with E-state index in [2.05, 4.69) is 40.1 Å². The number of amides is 1. The van der Waals surface area contributed by atoms with Gasteiger partial charge in [0.25, 0.3) is 5.91 Å². The Labute approximate surface area is 126 Å². The normalized spacial score (nSPS) is 23.3. The maximum atomic E-state index is 12.7. The molecule has 1 saturated heterocycles. The molecule has 0 aromatic carbocycles. The van der Waals surface area contributed by atoms with Crippen LogP contribution in [0.5, 0.6) is 0 Å². The standard InChI is InChI=1S/C13H18BrN3OS/c1-8-9(2)19-5-4-17(8)13(18)11-6-10(14)7-16-12(11)15-3/h6-9H,4-5H2,1-3H3,(H,15,16). The Hall–Kier alpha value is -0.750. The van der Waals surface area contributed by atoms with Crippen molar-refractivity contribution in [2.45, 2.75) is 25.1 Å². The molecule has 0 spiro atoms. The summed E-state index contributed by atoms with van der Waals surface area (Å²) in [6.45, 7) is 5.08. The van der Waals surface area contributed by atoms with Crippen molar-refractivity contribution < 1.29 is 4.79 Å². The monoisotopic (exact) mass is 343 g/mol. The Morgan fingerprint density at radius 2 is 2.32 bits per heavy atom. The number of carbonyl (C=O) groups excluding carboxylic acids is 1. The van der Waals surface area contributed by atoms with Crippen molar-refractivity contribution in [2.75, 3.05) is 24.7 Å². The molecule has 1 aliphatic rings. The summed E-state index contributed by atoms with van der Waals surface area (Å²) < 4.78 is 0.821. The van der Waals surface area contributed by atoms with Gasteiger partial charge in [-0.2, -0.15) is 11.8 Å². The fourth-order valence-electron chi connectivity index (χ4n) is 2.18. The first-order chi connectivity index (χ1) is 9.04. The molecule has 2 atom stereocenters. The van der Waals surface area contributed by atoms with Crippen LogP contribution in [0.1, 0.15) is 24.2 Å². The van der Waals surface area contributed by atoms with Gasteiger partial charge in [-0.3, -0.25) is 4.79 Å². The number of hydrogen-bond donors (Lipinski definition) is 1. The molecule has 104 valence electrons. The van der Waals surface area contributed by atoms with Crippen LogP contribution in [-0.2, 0) is 0 Å². The Kier molecular flexibility index (Phi) is 4.73. The number of rotatable bonds is 2. The molecule has 1 aromatic heterocycles. The van der Waals surface area contributed by atoms with Crippen molar-refractivity contribution in [1.29, 1.82) is 0 Å². The van der Waals surface area contributed by atoms with E-state index in [-0.39, 0.29) is 11.9 Å². The van der Waals surface area contributed by atoms with E-state index in [9.17, 15) is 4.79 Å². The predicted octanol–water partition coefficient (Wildman–Crippen LogP) is 2.85. The molecule has 1 N–H and O–H groups in total. The number of aromatic nitrogens is 1. The van der Waals surface area contributed by atoms with Crippen LogP contribution in [0.2, 0.25) is 0 Å². The highest BCUT2D eigenvalue weighted by Crippen LogP contribution is 2.27. The molecule has 1 aromatic rings. The molecule has 2 rings (SSSR count). The van der Waals surface area contributed by atoms with Gasteiger partial charge in [0.2, 0.25) is 0 Å². The zero-order valence-corrected chi connectivity index (χ0v) is 13.7. The Bertz CT molecular complexity index is 483. The molecular formula is C13H18BrN3OS. The first-order valence-corrected chi connectivity index (χ1v) is 8.14. The number of nitrogens with zero attached hydrogens (tertiary/aromatic N) is 2. The SMILES string of the molecule is CNc1ncc(Br)cc1C(=O)N1CCSC(C)C1C. The zero-order chi connectivity index (χ0) is 14.0. The van der Waals surface area contributed by atoms with Gasteiger partial charge in [-0.1, -0.05) is 6.92 Å². The average Bonchev–Trinajstić information content (AvgIpc) is 2.41. The van der Waals surface area contributed by atoms with Crippen LogP contribution in [0.25, 0.3) is 0 Å². The summed E-state index contributed by atoms with van der Waals surface area (Å²) in [4.78, 5) is 18.9. The van der Waals surface area contributed by atoms with Crippen molar-refractivity contribution in [3.05, 3.63) is 22.3 Å².